The lowest BCUT2D eigenvalue weighted by Crippen LogP contribution is -2.06. The van der Waals surface area contributed by atoms with Crippen LogP contribution in [0.1, 0.15) is 16.7 Å². The van der Waals surface area contributed by atoms with Crippen molar-refractivity contribution < 1.29 is 19.0 Å². The summed E-state index contributed by atoms with van der Waals surface area (Å²) in [6.07, 6.45) is 1.63. The summed E-state index contributed by atoms with van der Waals surface area (Å²) in [6, 6.07) is 13.0. The van der Waals surface area contributed by atoms with Gasteiger partial charge in [0, 0.05) is 11.1 Å². The number of esters is 1. The van der Waals surface area contributed by atoms with Gasteiger partial charge in [0.05, 0.1) is 14.2 Å². The Balaban J connectivity index is 2.02. The van der Waals surface area contributed by atoms with Gasteiger partial charge >= 0.3 is 5.97 Å². The molecule has 122 valence electrons. The first-order chi connectivity index (χ1) is 11.6. The summed E-state index contributed by atoms with van der Waals surface area (Å²) >= 11 is 0. The zero-order valence-electron chi connectivity index (χ0n) is 13.7. The van der Waals surface area contributed by atoms with Crippen molar-refractivity contribution in [2.45, 2.75) is 6.92 Å². The summed E-state index contributed by atoms with van der Waals surface area (Å²) in [5.41, 5.74) is 2.70. The number of methoxy groups -OCH3 is 2. The van der Waals surface area contributed by atoms with Gasteiger partial charge in [-0.2, -0.15) is 0 Å². The van der Waals surface area contributed by atoms with Gasteiger partial charge in [0.25, 0.3) is 0 Å². The van der Waals surface area contributed by atoms with Crippen molar-refractivity contribution in [3.05, 3.63) is 64.9 Å². The quantitative estimate of drug-likeness (QED) is 0.639. The molecule has 1 heterocycles. The van der Waals surface area contributed by atoms with E-state index in [0.29, 0.717) is 23.0 Å². The summed E-state index contributed by atoms with van der Waals surface area (Å²) in [7, 11) is 3.15. The van der Waals surface area contributed by atoms with Crippen LogP contribution in [0.15, 0.2) is 53.2 Å². The van der Waals surface area contributed by atoms with Crippen molar-refractivity contribution in [1.82, 2.24) is 0 Å². The highest BCUT2D eigenvalue weighted by Crippen LogP contribution is 2.28. The average molecular weight is 323 g/mol. The lowest BCUT2D eigenvalue weighted by atomic mass is 10.1. The van der Waals surface area contributed by atoms with Gasteiger partial charge in [0.1, 0.15) is 11.5 Å². The number of carbonyl (C=O) groups excluding carboxylic acids is 1. The number of ether oxygens (including phenoxy) is 3. The lowest BCUT2D eigenvalue weighted by Gasteiger charge is -2.07. The third-order valence-electron chi connectivity index (χ3n) is 3.73. The van der Waals surface area contributed by atoms with E-state index in [4.69, 9.17) is 14.2 Å². The average Bonchev–Trinajstić information content (AvgIpc) is 2.95. The third-order valence-corrected chi connectivity index (χ3v) is 3.73. The SMILES string of the molecule is COc1ccc(OC)c(/C=C2\N=C(c3ccccc3C)OC2=O)c1. The normalized spacial score (nSPS) is 15.2. The number of aliphatic imine (C=N–C) groups is 1. The van der Waals surface area contributed by atoms with Crippen LogP contribution in [0.3, 0.4) is 0 Å². The molecule has 0 saturated carbocycles. The predicted molar refractivity (Wildman–Crippen MR) is 91.3 cm³/mol. The highest BCUT2D eigenvalue weighted by molar-refractivity contribution is 6.13. The summed E-state index contributed by atoms with van der Waals surface area (Å²) in [5, 5.41) is 0. The smallest absolute Gasteiger partial charge is 0.363 e. The van der Waals surface area contributed by atoms with E-state index < -0.39 is 5.97 Å². The standard InChI is InChI=1S/C19H17NO4/c1-12-6-4-5-7-15(12)18-20-16(19(21)24-18)11-13-10-14(22-2)8-9-17(13)23-3/h4-11H,1-3H3/b16-11-. The molecule has 0 aromatic heterocycles. The molecular weight excluding hydrogens is 306 g/mol. The van der Waals surface area contributed by atoms with Gasteiger partial charge in [-0.3, -0.25) is 0 Å². The number of rotatable bonds is 4. The Kier molecular flexibility index (Phi) is 4.33. The van der Waals surface area contributed by atoms with Crippen LogP contribution >= 0.6 is 0 Å². The molecule has 0 fully saturated rings. The highest BCUT2D eigenvalue weighted by atomic mass is 16.6. The predicted octanol–water partition coefficient (Wildman–Crippen LogP) is 3.36. The van der Waals surface area contributed by atoms with Gasteiger partial charge in [0.2, 0.25) is 5.90 Å². The second-order valence-electron chi connectivity index (χ2n) is 5.26. The number of carbonyl (C=O) groups is 1. The Morgan fingerprint density at radius 2 is 1.88 bits per heavy atom. The van der Waals surface area contributed by atoms with E-state index in [1.165, 1.54) is 0 Å². The minimum atomic E-state index is -0.488. The lowest BCUT2D eigenvalue weighted by molar-refractivity contribution is -0.129. The first kappa shape index (κ1) is 15.8. The van der Waals surface area contributed by atoms with E-state index in [9.17, 15) is 4.79 Å². The number of benzene rings is 2. The van der Waals surface area contributed by atoms with E-state index in [2.05, 4.69) is 4.99 Å². The van der Waals surface area contributed by atoms with Gasteiger partial charge in [-0.1, -0.05) is 18.2 Å². The Morgan fingerprint density at radius 1 is 1.08 bits per heavy atom. The Labute approximate surface area is 140 Å². The van der Waals surface area contributed by atoms with E-state index in [0.717, 1.165) is 11.1 Å². The Bertz CT molecular complexity index is 852. The van der Waals surface area contributed by atoms with Crippen LogP contribution in [0.2, 0.25) is 0 Å². The van der Waals surface area contributed by atoms with E-state index in [1.54, 1.807) is 38.5 Å². The molecule has 0 bridgehead atoms. The number of nitrogens with zero attached hydrogens (tertiary/aromatic N) is 1. The molecule has 0 aliphatic carbocycles. The number of hydrogen-bond acceptors (Lipinski definition) is 5. The van der Waals surface area contributed by atoms with Crippen LogP contribution in [0, 0.1) is 6.92 Å². The van der Waals surface area contributed by atoms with Crippen LogP contribution in [-0.4, -0.2) is 26.1 Å². The highest BCUT2D eigenvalue weighted by Gasteiger charge is 2.25. The molecular formula is C19H17NO4. The second-order valence-corrected chi connectivity index (χ2v) is 5.26. The molecule has 0 unspecified atom stereocenters. The van der Waals surface area contributed by atoms with Crippen LogP contribution < -0.4 is 9.47 Å². The van der Waals surface area contributed by atoms with Crippen LogP contribution in [0.25, 0.3) is 6.08 Å². The Morgan fingerprint density at radius 3 is 2.58 bits per heavy atom. The monoisotopic (exact) mass is 323 g/mol. The maximum absolute atomic E-state index is 12.2. The molecule has 2 aromatic rings. The second kappa shape index (κ2) is 6.58. The maximum Gasteiger partial charge on any atom is 0.363 e. The molecule has 0 radical (unpaired) electrons. The molecule has 5 heteroatoms. The fraction of sp³-hybridized carbons (Fsp3) is 0.158. The molecule has 5 nitrogen and oxygen atoms in total. The molecule has 0 atom stereocenters. The number of aryl methyl sites for hydroxylation is 1. The van der Waals surface area contributed by atoms with Crippen LogP contribution in [0.4, 0.5) is 0 Å². The van der Waals surface area contributed by atoms with Crippen molar-refractivity contribution in [2.75, 3.05) is 14.2 Å². The van der Waals surface area contributed by atoms with Crippen molar-refractivity contribution in [2.24, 2.45) is 4.99 Å². The zero-order chi connectivity index (χ0) is 17.1. The summed E-state index contributed by atoms with van der Waals surface area (Å²) in [4.78, 5) is 16.5. The summed E-state index contributed by atoms with van der Waals surface area (Å²) in [6.45, 7) is 1.94. The van der Waals surface area contributed by atoms with Crippen molar-refractivity contribution in [3.8, 4) is 11.5 Å². The molecule has 3 rings (SSSR count). The molecule has 1 aliphatic rings. The number of cyclic esters (lactones) is 1. The molecule has 1 aliphatic heterocycles. The fourth-order valence-corrected chi connectivity index (χ4v) is 2.44. The molecule has 2 aromatic carbocycles. The van der Waals surface area contributed by atoms with Crippen LogP contribution in [-0.2, 0) is 9.53 Å². The maximum atomic E-state index is 12.2. The molecule has 0 spiro atoms. The first-order valence-electron chi connectivity index (χ1n) is 7.43. The van der Waals surface area contributed by atoms with Crippen molar-refractivity contribution in [3.63, 3.8) is 0 Å². The molecule has 0 N–H and O–H groups in total. The van der Waals surface area contributed by atoms with Gasteiger partial charge in [-0.05, 0) is 42.8 Å². The first-order valence-corrected chi connectivity index (χ1v) is 7.43. The minimum Gasteiger partial charge on any atom is -0.497 e. The molecule has 24 heavy (non-hydrogen) atoms. The zero-order valence-corrected chi connectivity index (χ0v) is 13.7. The van der Waals surface area contributed by atoms with E-state index >= 15 is 0 Å². The van der Waals surface area contributed by atoms with Gasteiger partial charge < -0.3 is 14.2 Å². The van der Waals surface area contributed by atoms with Crippen molar-refractivity contribution >= 4 is 17.9 Å². The van der Waals surface area contributed by atoms with Gasteiger partial charge in [-0.25, -0.2) is 9.79 Å². The summed E-state index contributed by atoms with van der Waals surface area (Å²) in [5.74, 6) is 1.11. The van der Waals surface area contributed by atoms with Gasteiger partial charge in [-0.15, -0.1) is 0 Å². The molecule has 0 saturated heterocycles. The Hall–Kier alpha value is -3.08. The molecule has 0 amide bonds. The third kappa shape index (κ3) is 3.01. The fourth-order valence-electron chi connectivity index (χ4n) is 2.44. The van der Waals surface area contributed by atoms with E-state index in [1.807, 2.05) is 31.2 Å². The summed E-state index contributed by atoms with van der Waals surface area (Å²) < 4.78 is 15.8. The number of hydrogen-bond donors (Lipinski definition) is 0. The minimum absolute atomic E-state index is 0.222. The largest absolute Gasteiger partial charge is 0.497 e. The van der Waals surface area contributed by atoms with Crippen molar-refractivity contribution in [1.29, 1.82) is 0 Å². The van der Waals surface area contributed by atoms with Gasteiger partial charge in [0.15, 0.2) is 5.70 Å². The topological polar surface area (TPSA) is 57.1 Å². The van der Waals surface area contributed by atoms with E-state index in [-0.39, 0.29) is 5.70 Å². The van der Waals surface area contributed by atoms with Crippen LogP contribution in [0.5, 0.6) is 11.5 Å².